The quantitative estimate of drug-likeness (QED) is 0.804. The summed E-state index contributed by atoms with van der Waals surface area (Å²) < 4.78 is 0. The van der Waals surface area contributed by atoms with E-state index in [4.69, 9.17) is 17.3 Å². The third-order valence-electron chi connectivity index (χ3n) is 3.24. The van der Waals surface area contributed by atoms with E-state index in [1.165, 1.54) is 6.20 Å². The summed E-state index contributed by atoms with van der Waals surface area (Å²) in [7, 11) is 0. The highest BCUT2D eigenvalue weighted by Crippen LogP contribution is 2.27. The van der Waals surface area contributed by atoms with Gasteiger partial charge in [-0.25, -0.2) is 4.98 Å². The van der Waals surface area contributed by atoms with Gasteiger partial charge in [0.1, 0.15) is 5.15 Å². The largest absolute Gasteiger partial charge is 0.397 e. The summed E-state index contributed by atoms with van der Waals surface area (Å²) in [4.78, 5) is 18.2. The van der Waals surface area contributed by atoms with Gasteiger partial charge in [0.2, 0.25) is 0 Å². The predicted molar refractivity (Wildman–Crippen MR) is 76.1 cm³/mol. The summed E-state index contributed by atoms with van der Waals surface area (Å²) in [6, 6.07) is 1.78. The molecule has 1 amide bonds. The fourth-order valence-electron chi connectivity index (χ4n) is 1.99. The fraction of sp³-hybridized carbons (Fsp3) is 0.500. The second-order valence-electron chi connectivity index (χ2n) is 4.42. The molecular weight excluding hydrogens is 270 g/mol. The maximum absolute atomic E-state index is 12.5. The van der Waals surface area contributed by atoms with E-state index < -0.39 is 0 Å². The lowest BCUT2D eigenvalue weighted by atomic mass is 10.1. The molecule has 2 unspecified atom stereocenters. The number of pyridine rings is 1. The highest BCUT2D eigenvalue weighted by atomic mass is 35.5. The number of rotatable bonds is 1. The van der Waals surface area contributed by atoms with Crippen LogP contribution in [0.1, 0.15) is 24.2 Å². The van der Waals surface area contributed by atoms with Crippen LogP contribution in [-0.4, -0.2) is 39.4 Å². The third-order valence-corrected chi connectivity index (χ3v) is 4.87. The molecule has 0 radical (unpaired) electrons. The van der Waals surface area contributed by atoms with Crippen LogP contribution in [0, 0.1) is 0 Å². The molecule has 6 heteroatoms. The molecular formula is C12H16ClN3OS. The number of hydrogen-bond acceptors (Lipinski definition) is 4. The van der Waals surface area contributed by atoms with Crippen molar-refractivity contribution in [2.45, 2.75) is 25.1 Å². The molecule has 1 aliphatic rings. The van der Waals surface area contributed by atoms with Crippen molar-refractivity contribution in [1.29, 1.82) is 0 Å². The maximum atomic E-state index is 12.5. The summed E-state index contributed by atoms with van der Waals surface area (Å²) >= 11 is 7.86. The highest BCUT2D eigenvalue weighted by molar-refractivity contribution is 8.00. The summed E-state index contributed by atoms with van der Waals surface area (Å²) in [5.74, 6) is 0.865. The van der Waals surface area contributed by atoms with Crippen LogP contribution in [0.5, 0.6) is 0 Å². The standard InChI is InChI=1S/C12H16ClN3OS/c1-7-8(2)18-4-3-16(7)12(17)10-5-9(14)6-15-11(10)13/h5-8H,3-4,14H2,1-2H3. The van der Waals surface area contributed by atoms with Gasteiger partial charge < -0.3 is 10.6 Å². The summed E-state index contributed by atoms with van der Waals surface area (Å²) in [6.07, 6.45) is 1.46. The van der Waals surface area contributed by atoms with Crippen molar-refractivity contribution in [3.8, 4) is 0 Å². The first kappa shape index (κ1) is 13.5. The lowest BCUT2D eigenvalue weighted by Crippen LogP contribution is -2.48. The molecule has 2 N–H and O–H groups in total. The average molecular weight is 286 g/mol. The Labute approximate surface area is 116 Å². The van der Waals surface area contributed by atoms with E-state index >= 15 is 0 Å². The van der Waals surface area contributed by atoms with Crippen LogP contribution in [0.25, 0.3) is 0 Å². The number of aromatic nitrogens is 1. The molecule has 98 valence electrons. The number of carbonyl (C=O) groups excluding carboxylic acids is 1. The molecule has 0 aromatic carbocycles. The van der Waals surface area contributed by atoms with Crippen LogP contribution < -0.4 is 5.73 Å². The van der Waals surface area contributed by atoms with E-state index in [1.807, 2.05) is 16.7 Å². The Hall–Kier alpha value is -0.940. The van der Waals surface area contributed by atoms with Crippen molar-refractivity contribution in [1.82, 2.24) is 9.88 Å². The molecule has 0 spiro atoms. The van der Waals surface area contributed by atoms with Crippen LogP contribution in [0.15, 0.2) is 12.3 Å². The summed E-state index contributed by atoms with van der Waals surface area (Å²) in [5, 5.41) is 0.641. The summed E-state index contributed by atoms with van der Waals surface area (Å²) in [6.45, 7) is 4.93. The number of hydrogen-bond donors (Lipinski definition) is 1. The topological polar surface area (TPSA) is 59.2 Å². The first-order valence-electron chi connectivity index (χ1n) is 5.84. The lowest BCUT2D eigenvalue weighted by Gasteiger charge is -2.37. The van der Waals surface area contributed by atoms with E-state index in [1.54, 1.807) is 6.07 Å². The Bertz CT molecular complexity index is 469. The van der Waals surface area contributed by atoms with E-state index in [0.717, 1.165) is 12.3 Å². The van der Waals surface area contributed by atoms with Gasteiger partial charge in [-0.15, -0.1) is 0 Å². The van der Waals surface area contributed by atoms with Gasteiger partial charge in [-0.3, -0.25) is 4.79 Å². The number of carbonyl (C=O) groups is 1. The molecule has 0 aliphatic carbocycles. The number of amides is 1. The van der Waals surface area contributed by atoms with Crippen LogP contribution >= 0.6 is 23.4 Å². The SMILES string of the molecule is CC1SCCN(C(=O)c2cc(N)cnc2Cl)C1C. The van der Waals surface area contributed by atoms with Gasteiger partial charge in [0.05, 0.1) is 17.4 Å². The Morgan fingerprint density at radius 2 is 2.33 bits per heavy atom. The van der Waals surface area contributed by atoms with E-state index in [0.29, 0.717) is 16.5 Å². The van der Waals surface area contributed by atoms with Gasteiger partial charge in [-0.1, -0.05) is 18.5 Å². The first-order valence-corrected chi connectivity index (χ1v) is 7.27. The molecule has 0 bridgehead atoms. The molecule has 4 nitrogen and oxygen atoms in total. The number of thioether (sulfide) groups is 1. The lowest BCUT2D eigenvalue weighted by molar-refractivity contribution is 0.0698. The van der Waals surface area contributed by atoms with Gasteiger partial charge in [0.25, 0.3) is 5.91 Å². The number of nitrogens with zero attached hydrogens (tertiary/aromatic N) is 2. The van der Waals surface area contributed by atoms with Crippen molar-refractivity contribution in [3.63, 3.8) is 0 Å². The molecule has 2 rings (SSSR count). The number of halogens is 1. The molecule has 1 saturated heterocycles. The van der Waals surface area contributed by atoms with Crippen molar-refractivity contribution < 1.29 is 4.79 Å². The Kier molecular flexibility index (Phi) is 4.02. The van der Waals surface area contributed by atoms with Crippen LogP contribution in [0.4, 0.5) is 5.69 Å². The zero-order valence-corrected chi connectivity index (χ0v) is 12.0. The van der Waals surface area contributed by atoms with Gasteiger partial charge >= 0.3 is 0 Å². The molecule has 18 heavy (non-hydrogen) atoms. The Morgan fingerprint density at radius 1 is 1.61 bits per heavy atom. The van der Waals surface area contributed by atoms with E-state index in [9.17, 15) is 4.79 Å². The predicted octanol–water partition coefficient (Wildman–Crippen LogP) is 2.28. The average Bonchev–Trinajstić information content (AvgIpc) is 2.35. The van der Waals surface area contributed by atoms with Gasteiger partial charge in [0.15, 0.2) is 0 Å². The zero-order valence-electron chi connectivity index (χ0n) is 10.4. The molecule has 1 fully saturated rings. The van der Waals surface area contributed by atoms with Gasteiger partial charge in [-0.2, -0.15) is 11.8 Å². The summed E-state index contributed by atoms with van der Waals surface area (Å²) in [5.41, 5.74) is 6.51. The molecule has 1 aliphatic heterocycles. The maximum Gasteiger partial charge on any atom is 0.257 e. The third kappa shape index (κ3) is 2.57. The fourth-order valence-corrected chi connectivity index (χ4v) is 3.27. The zero-order chi connectivity index (χ0) is 13.3. The minimum Gasteiger partial charge on any atom is -0.397 e. The Morgan fingerprint density at radius 3 is 3.06 bits per heavy atom. The highest BCUT2D eigenvalue weighted by Gasteiger charge is 2.30. The number of nitrogen functional groups attached to an aromatic ring is 1. The van der Waals surface area contributed by atoms with E-state index in [-0.39, 0.29) is 17.1 Å². The second kappa shape index (κ2) is 5.36. The number of anilines is 1. The molecule has 1 aromatic rings. The molecule has 2 atom stereocenters. The van der Waals surface area contributed by atoms with Crippen molar-refractivity contribution in [2.24, 2.45) is 0 Å². The van der Waals surface area contributed by atoms with E-state index in [2.05, 4.69) is 18.8 Å². The van der Waals surface area contributed by atoms with Crippen molar-refractivity contribution >= 4 is 35.0 Å². The van der Waals surface area contributed by atoms with Crippen molar-refractivity contribution in [2.75, 3.05) is 18.0 Å². The van der Waals surface area contributed by atoms with Crippen molar-refractivity contribution in [3.05, 3.63) is 23.0 Å². The van der Waals surface area contributed by atoms with Gasteiger partial charge in [0, 0.05) is 23.6 Å². The minimum absolute atomic E-state index is 0.0838. The molecule has 1 aromatic heterocycles. The van der Waals surface area contributed by atoms with Crippen LogP contribution in [0.3, 0.4) is 0 Å². The first-order chi connectivity index (χ1) is 8.50. The minimum atomic E-state index is -0.0838. The Balaban J connectivity index is 2.27. The number of nitrogens with two attached hydrogens (primary N) is 1. The normalized spacial score (nSPS) is 24.1. The van der Waals surface area contributed by atoms with Crippen LogP contribution in [-0.2, 0) is 0 Å². The van der Waals surface area contributed by atoms with Gasteiger partial charge in [-0.05, 0) is 13.0 Å². The smallest absolute Gasteiger partial charge is 0.257 e. The van der Waals surface area contributed by atoms with Crippen LogP contribution in [0.2, 0.25) is 5.15 Å². The monoisotopic (exact) mass is 285 g/mol. The molecule has 2 heterocycles. The molecule has 0 saturated carbocycles. The second-order valence-corrected chi connectivity index (χ2v) is 6.27.